The molecule has 1 aromatic rings. The van der Waals surface area contributed by atoms with Crippen LogP contribution in [0.3, 0.4) is 0 Å². The summed E-state index contributed by atoms with van der Waals surface area (Å²) in [7, 11) is 0. The molecule has 0 aromatic carbocycles. The minimum atomic E-state index is -0.909. The van der Waals surface area contributed by atoms with Crippen LogP contribution in [-0.2, 0) is 4.79 Å². The summed E-state index contributed by atoms with van der Waals surface area (Å²) in [6, 6.07) is 1.03. The van der Waals surface area contributed by atoms with Gasteiger partial charge in [-0.3, -0.25) is 4.79 Å². The van der Waals surface area contributed by atoms with Gasteiger partial charge in [-0.2, -0.15) is 0 Å². The maximum Gasteiger partial charge on any atom is 0.326 e. The van der Waals surface area contributed by atoms with Crippen LogP contribution in [0.2, 0.25) is 0 Å². The zero-order valence-electron chi connectivity index (χ0n) is 12.4. The van der Waals surface area contributed by atoms with Gasteiger partial charge in [-0.1, -0.05) is 18.0 Å². The zero-order chi connectivity index (χ0) is 15.3. The summed E-state index contributed by atoms with van der Waals surface area (Å²) >= 11 is 0. The SMILES string of the molecule is O=C(O)[C@@H]1C[C@H]2CCCC[C@@H]2N1C(=O)c1cc(C2CC2)on1. The first-order valence-corrected chi connectivity index (χ1v) is 8.17. The molecule has 2 aliphatic carbocycles. The normalized spacial score (nSPS) is 31.1. The Kier molecular flexibility index (Phi) is 3.20. The lowest BCUT2D eigenvalue weighted by molar-refractivity contribution is -0.141. The predicted octanol–water partition coefficient (Wildman–Crippen LogP) is 2.41. The fraction of sp³-hybridized carbons (Fsp3) is 0.688. The third-order valence-corrected chi connectivity index (χ3v) is 5.33. The third kappa shape index (κ3) is 2.21. The van der Waals surface area contributed by atoms with E-state index in [1.165, 1.54) is 0 Å². The van der Waals surface area contributed by atoms with E-state index in [0.29, 0.717) is 18.3 Å². The van der Waals surface area contributed by atoms with Crippen molar-refractivity contribution < 1.29 is 19.2 Å². The van der Waals surface area contributed by atoms with Crippen molar-refractivity contribution in [3.05, 3.63) is 17.5 Å². The quantitative estimate of drug-likeness (QED) is 0.927. The molecule has 0 radical (unpaired) electrons. The van der Waals surface area contributed by atoms with Gasteiger partial charge < -0.3 is 14.5 Å². The Hall–Kier alpha value is -1.85. The van der Waals surface area contributed by atoms with Crippen LogP contribution >= 0.6 is 0 Å². The van der Waals surface area contributed by atoms with Crippen molar-refractivity contribution in [2.75, 3.05) is 0 Å². The second kappa shape index (κ2) is 5.11. The van der Waals surface area contributed by atoms with E-state index in [1.807, 2.05) is 0 Å². The summed E-state index contributed by atoms with van der Waals surface area (Å²) in [5, 5.41) is 13.4. The monoisotopic (exact) mass is 304 g/mol. The van der Waals surface area contributed by atoms with Crippen molar-refractivity contribution in [2.24, 2.45) is 5.92 Å². The summed E-state index contributed by atoms with van der Waals surface area (Å²) in [5.74, 6) is 0.277. The van der Waals surface area contributed by atoms with Gasteiger partial charge in [0.25, 0.3) is 5.91 Å². The zero-order valence-corrected chi connectivity index (χ0v) is 12.4. The molecule has 1 amide bonds. The second-order valence-corrected chi connectivity index (χ2v) is 6.80. The van der Waals surface area contributed by atoms with E-state index in [1.54, 1.807) is 11.0 Å². The van der Waals surface area contributed by atoms with Gasteiger partial charge in [0, 0.05) is 18.0 Å². The standard InChI is InChI=1S/C16H20N2O4/c19-15(11-8-14(22-17-11)9-5-6-9)18-12-4-2-1-3-10(12)7-13(18)16(20)21/h8-10,12-13H,1-7H2,(H,20,21)/t10-,12+,13+/m1/s1. The average Bonchev–Trinajstić information content (AvgIpc) is 3.12. The van der Waals surface area contributed by atoms with Gasteiger partial charge in [-0.15, -0.1) is 0 Å². The number of carbonyl (C=O) groups is 2. The molecule has 3 atom stereocenters. The molecular formula is C16H20N2O4. The van der Waals surface area contributed by atoms with Crippen molar-refractivity contribution in [3.63, 3.8) is 0 Å². The summed E-state index contributed by atoms with van der Waals surface area (Å²) in [6.07, 6.45) is 6.83. The number of carboxylic acids is 1. The summed E-state index contributed by atoms with van der Waals surface area (Å²) in [4.78, 5) is 26.0. The van der Waals surface area contributed by atoms with Crippen LogP contribution in [-0.4, -0.2) is 39.1 Å². The van der Waals surface area contributed by atoms with Crippen molar-refractivity contribution in [1.29, 1.82) is 0 Å². The number of hydrogen-bond acceptors (Lipinski definition) is 4. The number of carboxylic acid groups (broad SMARTS) is 1. The first-order chi connectivity index (χ1) is 10.6. The van der Waals surface area contributed by atoms with Crippen molar-refractivity contribution in [2.45, 2.75) is 62.9 Å². The van der Waals surface area contributed by atoms with Gasteiger partial charge in [-0.05, 0) is 38.0 Å². The minimum absolute atomic E-state index is 0.0448. The van der Waals surface area contributed by atoms with E-state index in [4.69, 9.17) is 4.52 Å². The summed E-state index contributed by atoms with van der Waals surface area (Å²) in [6.45, 7) is 0. The van der Waals surface area contributed by atoms with Crippen molar-refractivity contribution >= 4 is 11.9 Å². The predicted molar refractivity (Wildman–Crippen MR) is 76.4 cm³/mol. The molecule has 118 valence electrons. The second-order valence-electron chi connectivity index (χ2n) is 6.80. The smallest absolute Gasteiger partial charge is 0.326 e. The van der Waals surface area contributed by atoms with Crippen molar-refractivity contribution in [3.8, 4) is 0 Å². The molecule has 0 unspecified atom stereocenters. The van der Waals surface area contributed by atoms with Crippen molar-refractivity contribution in [1.82, 2.24) is 10.1 Å². The Morgan fingerprint density at radius 3 is 2.73 bits per heavy atom. The lowest BCUT2D eigenvalue weighted by Gasteiger charge is -2.32. The lowest BCUT2D eigenvalue weighted by Crippen LogP contribution is -2.46. The molecule has 1 N–H and O–H groups in total. The molecule has 0 bridgehead atoms. The third-order valence-electron chi connectivity index (χ3n) is 5.33. The molecule has 1 saturated heterocycles. The highest BCUT2D eigenvalue weighted by Crippen LogP contribution is 2.42. The molecular weight excluding hydrogens is 284 g/mol. The molecule has 4 rings (SSSR count). The molecule has 0 spiro atoms. The maximum atomic E-state index is 12.8. The minimum Gasteiger partial charge on any atom is -0.480 e. The number of amides is 1. The van der Waals surface area contributed by atoms with Gasteiger partial charge in [0.05, 0.1) is 0 Å². The Morgan fingerprint density at radius 1 is 1.23 bits per heavy atom. The molecule has 22 heavy (non-hydrogen) atoms. The number of nitrogens with zero attached hydrogens (tertiary/aromatic N) is 2. The van der Waals surface area contributed by atoms with E-state index in [2.05, 4.69) is 5.16 Å². The molecule has 1 aliphatic heterocycles. The van der Waals surface area contributed by atoms with E-state index < -0.39 is 12.0 Å². The molecule has 2 saturated carbocycles. The van der Waals surface area contributed by atoms with Gasteiger partial charge >= 0.3 is 5.97 Å². The van der Waals surface area contributed by atoms with E-state index in [9.17, 15) is 14.7 Å². The molecule has 2 heterocycles. The van der Waals surface area contributed by atoms with E-state index in [0.717, 1.165) is 44.3 Å². The fourth-order valence-electron chi connectivity index (χ4n) is 4.06. The Balaban J connectivity index is 1.61. The summed E-state index contributed by atoms with van der Waals surface area (Å²) < 4.78 is 5.26. The maximum absolute atomic E-state index is 12.8. The topological polar surface area (TPSA) is 83.6 Å². The molecule has 3 aliphatic rings. The molecule has 6 heteroatoms. The number of aliphatic carboxylic acids is 1. The van der Waals surface area contributed by atoms with Crippen LogP contribution in [0.1, 0.15) is 67.1 Å². The highest BCUT2D eigenvalue weighted by Gasteiger charge is 2.48. The lowest BCUT2D eigenvalue weighted by atomic mass is 9.84. The van der Waals surface area contributed by atoms with Gasteiger partial charge in [0.2, 0.25) is 0 Å². The first-order valence-electron chi connectivity index (χ1n) is 8.17. The Bertz CT molecular complexity index is 607. The number of carbonyl (C=O) groups excluding carboxylic acids is 1. The van der Waals surface area contributed by atoms with Crippen LogP contribution in [0.15, 0.2) is 10.6 Å². The Morgan fingerprint density at radius 2 is 2.00 bits per heavy atom. The average molecular weight is 304 g/mol. The highest BCUT2D eigenvalue weighted by molar-refractivity contribution is 5.95. The van der Waals surface area contributed by atoms with Crippen LogP contribution < -0.4 is 0 Å². The van der Waals surface area contributed by atoms with Crippen LogP contribution in [0.5, 0.6) is 0 Å². The van der Waals surface area contributed by atoms with E-state index in [-0.39, 0.29) is 17.6 Å². The molecule has 1 aromatic heterocycles. The molecule has 3 fully saturated rings. The number of hydrogen-bond donors (Lipinski definition) is 1. The number of likely N-dealkylation sites (tertiary alicyclic amines) is 1. The van der Waals surface area contributed by atoms with Crippen LogP contribution in [0, 0.1) is 5.92 Å². The van der Waals surface area contributed by atoms with Crippen LogP contribution in [0.4, 0.5) is 0 Å². The fourth-order valence-corrected chi connectivity index (χ4v) is 4.06. The van der Waals surface area contributed by atoms with E-state index >= 15 is 0 Å². The Labute approximate surface area is 128 Å². The van der Waals surface area contributed by atoms with Crippen LogP contribution in [0.25, 0.3) is 0 Å². The first kappa shape index (κ1) is 13.8. The largest absolute Gasteiger partial charge is 0.480 e. The molecule has 6 nitrogen and oxygen atoms in total. The number of fused-ring (bicyclic) bond motifs is 1. The highest BCUT2D eigenvalue weighted by atomic mass is 16.5. The van der Waals surface area contributed by atoms with Gasteiger partial charge in [0.15, 0.2) is 5.69 Å². The van der Waals surface area contributed by atoms with Gasteiger partial charge in [0.1, 0.15) is 11.8 Å². The summed E-state index contributed by atoms with van der Waals surface area (Å²) in [5.41, 5.74) is 0.263. The number of aromatic nitrogens is 1. The van der Waals surface area contributed by atoms with Gasteiger partial charge in [-0.25, -0.2) is 4.79 Å². The number of rotatable bonds is 3.